The van der Waals surface area contributed by atoms with Crippen molar-refractivity contribution in [2.45, 2.75) is 53.0 Å². The second kappa shape index (κ2) is 6.56. The Kier molecular flexibility index (Phi) is 4.17. The zero-order valence-electron chi connectivity index (χ0n) is 18.1. The number of hydrogen-bond acceptors (Lipinski definition) is 4. The van der Waals surface area contributed by atoms with Crippen LogP contribution in [-0.4, -0.2) is 38.2 Å². The van der Waals surface area contributed by atoms with E-state index in [1.54, 1.807) is 10.9 Å². The predicted octanol–water partition coefficient (Wildman–Crippen LogP) is 4.88. The molecule has 6 nitrogen and oxygen atoms in total. The van der Waals surface area contributed by atoms with Gasteiger partial charge in [-0.25, -0.2) is 4.68 Å². The molecule has 1 aliphatic heterocycles. The van der Waals surface area contributed by atoms with Crippen molar-refractivity contribution < 1.29 is 9.21 Å². The van der Waals surface area contributed by atoms with E-state index in [1.165, 1.54) is 0 Å². The second-order valence-corrected chi connectivity index (χ2v) is 10.1. The number of likely N-dealkylation sites (tertiary alicyclic amines) is 1. The van der Waals surface area contributed by atoms with E-state index in [0.717, 1.165) is 37.1 Å². The normalized spacial score (nSPS) is 24.9. The van der Waals surface area contributed by atoms with Gasteiger partial charge in [-0.1, -0.05) is 32.9 Å². The third kappa shape index (κ3) is 3.24. The maximum absolute atomic E-state index is 13.5. The standard InChI is InChI=1S/C24H28N4O2/c1-16-7-5-8-17(11-16)28-21(19-9-6-10-30-19)25-20(26-28)22(29)27-15-24(4)13-18(27)12-23(2,3)14-24/h5-11,18H,12-15H2,1-4H3. The van der Waals surface area contributed by atoms with Gasteiger partial charge in [-0.15, -0.1) is 5.10 Å². The van der Waals surface area contributed by atoms with Crippen LogP contribution in [0, 0.1) is 17.8 Å². The molecule has 1 saturated carbocycles. The summed E-state index contributed by atoms with van der Waals surface area (Å²) in [6, 6.07) is 11.9. The summed E-state index contributed by atoms with van der Waals surface area (Å²) in [6.45, 7) is 9.73. The molecule has 1 aliphatic carbocycles. The van der Waals surface area contributed by atoms with Gasteiger partial charge in [-0.2, -0.15) is 4.98 Å². The van der Waals surface area contributed by atoms with E-state index in [1.807, 2.05) is 48.2 Å². The molecule has 6 heteroatoms. The third-order valence-electron chi connectivity index (χ3n) is 6.46. The number of furan rings is 1. The molecule has 2 bridgehead atoms. The van der Waals surface area contributed by atoms with Crippen molar-refractivity contribution in [3.05, 3.63) is 54.0 Å². The molecule has 0 radical (unpaired) electrons. The van der Waals surface area contributed by atoms with Crippen molar-refractivity contribution in [3.63, 3.8) is 0 Å². The molecular weight excluding hydrogens is 376 g/mol. The average Bonchev–Trinajstić information content (AvgIpc) is 3.37. The molecule has 2 unspecified atom stereocenters. The van der Waals surface area contributed by atoms with Gasteiger partial charge in [0.25, 0.3) is 5.91 Å². The molecule has 30 heavy (non-hydrogen) atoms. The molecule has 2 aliphatic rings. The Labute approximate surface area is 176 Å². The lowest BCUT2D eigenvalue weighted by molar-refractivity contribution is 0.0696. The first-order valence-electron chi connectivity index (χ1n) is 10.6. The lowest BCUT2D eigenvalue weighted by Crippen LogP contribution is -2.38. The van der Waals surface area contributed by atoms with Crippen LogP contribution in [0.3, 0.4) is 0 Å². The van der Waals surface area contributed by atoms with E-state index < -0.39 is 0 Å². The van der Waals surface area contributed by atoms with E-state index in [4.69, 9.17) is 4.42 Å². The van der Waals surface area contributed by atoms with E-state index in [0.29, 0.717) is 11.6 Å². The largest absolute Gasteiger partial charge is 0.461 e. The summed E-state index contributed by atoms with van der Waals surface area (Å²) in [7, 11) is 0. The number of amides is 1. The highest BCUT2D eigenvalue weighted by atomic mass is 16.3. The lowest BCUT2D eigenvalue weighted by atomic mass is 9.65. The molecule has 2 atom stereocenters. The van der Waals surface area contributed by atoms with Gasteiger partial charge in [0.05, 0.1) is 12.0 Å². The summed E-state index contributed by atoms with van der Waals surface area (Å²) in [5.74, 6) is 1.29. The molecule has 2 fully saturated rings. The van der Waals surface area contributed by atoms with Gasteiger partial charge >= 0.3 is 0 Å². The van der Waals surface area contributed by atoms with Crippen LogP contribution in [0.1, 0.15) is 56.2 Å². The molecule has 0 N–H and O–H groups in total. The van der Waals surface area contributed by atoms with Crippen LogP contribution in [-0.2, 0) is 0 Å². The molecule has 2 aromatic heterocycles. The first-order chi connectivity index (χ1) is 14.2. The summed E-state index contributed by atoms with van der Waals surface area (Å²) in [6.07, 6.45) is 4.84. The quantitative estimate of drug-likeness (QED) is 0.624. The molecule has 5 rings (SSSR count). The molecule has 1 aromatic carbocycles. The Morgan fingerprint density at radius 2 is 2.00 bits per heavy atom. The number of nitrogens with zero attached hydrogens (tertiary/aromatic N) is 4. The minimum Gasteiger partial charge on any atom is -0.461 e. The highest BCUT2D eigenvalue weighted by Crippen LogP contribution is 2.52. The molecule has 3 aromatic rings. The first kappa shape index (κ1) is 19.1. The van der Waals surface area contributed by atoms with E-state index in [2.05, 4.69) is 30.9 Å². The van der Waals surface area contributed by atoms with Gasteiger partial charge in [-0.05, 0) is 66.8 Å². The smallest absolute Gasteiger partial charge is 0.293 e. The Morgan fingerprint density at radius 1 is 1.17 bits per heavy atom. The van der Waals surface area contributed by atoms with Gasteiger partial charge in [0.2, 0.25) is 5.82 Å². The zero-order valence-corrected chi connectivity index (χ0v) is 18.1. The van der Waals surface area contributed by atoms with Crippen LogP contribution in [0.4, 0.5) is 0 Å². The van der Waals surface area contributed by atoms with Crippen LogP contribution in [0.5, 0.6) is 0 Å². The molecule has 3 heterocycles. The number of carbonyl (C=O) groups excluding carboxylic acids is 1. The van der Waals surface area contributed by atoms with Gasteiger partial charge in [-0.3, -0.25) is 4.79 Å². The Bertz CT molecular complexity index is 1100. The number of fused-ring (bicyclic) bond motifs is 2. The van der Waals surface area contributed by atoms with Crippen LogP contribution in [0.25, 0.3) is 17.3 Å². The monoisotopic (exact) mass is 404 g/mol. The minimum absolute atomic E-state index is 0.0827. The highest BCUT2D eigenvalue weighted by Gasteiger charge is 2.51. The van der Waals surface area contributed by atoms with Crippen molar-refractivity contribution >= 4 is 5.91 Å². The Balaban J connectivity index is 1.54. The number of aryl methyl sites for hydroxylation is 1. The van der Waals surface area contributed by atoms with Crippen molar-refractivity contribution in [1.82, 2.24) is 19.7 Å². The fourth-order valence-corrected chi connectivity index (χ4v) is 5.73. The number of carbonyl (C=O) groups is 1. The second-order valence-electron chi connectivity index (χ2n) is 10.1. The minimum atomic E-state index is -0.0827. The van der Waals surface area contributed by atoms with Crippen LogP contribution in [0.15, 0.2) is 47.1 Å². The predicted molar refractivity (Wildman–Crippen MR) is 114 cm³/mol. The van der Waals surface area contributed by atoms with E-state index >= 15 is 0 Å². The summed E-state index contributed by atoms with van der Waals surface area (Å²) in [4.78, 5) is 20.2. The zero-order chi connectivity index (χ0) is 21.1. The average molecular weight is 405 g/mol. The fraction of sp³-hybridized carbons (Fsp3) is 0.458. The van der Waals surface area contributed by atoms with Crippen molar-refractivity contribution in [1.29, 1.82) is 0 Å². The van der Waals surface area contributed by atoms with Gasteiger partial charge in [0.1, 0.15) is 0 Å². The molecule has 156 valence electrons. The SMILES string of the molecule is Cc1cccc(-n2nc(C(=O)N3CC4(C)CC3CC(C)(C)C4)nc2-c2ccco2)c1. The molecule has 1 saturated heterocycles. The summed E-state index contributed by atoms with van der Waals surface area (Å²) in [5.41, 5.74) is 2.40. The number of rotatable bonds is 3. The fourth-order valence-electron chi connectivity index (χ4n) is 5.73. The van der Waals surface area contributed by atoms with Crippen molar-refractivity contribution in [3.8, 4) is 17.3 Å². The van der Waals surface area contributed by atoms with E-state index in [9.17, 15) is 4.79 Å². The summed E-state index contributed by atoms with van der Waals surface area (Å²) < 4.78 is 7.31. The summed E-state index contributed by atoms with van der Waals surface area (Å²) >= 11 is 0. The topological polar surface area (TPSA) is 64.2 Å². The Morgan fingerprint density at radius 3 is 2.73 bits per heavy atom. The van der Waals surface area contributed by atoms with Crippen LogP contribution in [0.2, 0.25) is 0 Å². The van der Waals surface area contributed by atoms with Gasteiger partial charge < -0.3 is 9.32 Å². The van der Waals surface area contributed by atoms with Gasteiger partial charge in [0.15, 0.2) is 11.6 Å². The maximum Gasteiger partial charge on any atom is 0.293 e. The summed E-state index contributed by atoms with van der Waals surface area (Å²) in [5, 5.41) is 4.65. The Hall–Kier alpha value is -2.89. The van der Waals surface area contributed by atoms with Crippen LogP contribution < -0.4 is 0 Å². The number of aromatic nitrogens is 3. The van der Waals surface area contributed by atoms with Crippen molar-refractivity contribution in [2.24, 2.45) is 10.8 Å². The first-order valence-corrected chi connectivity index (χ1v) is 10.6. The highest BCUT2D eigenvalue weighted by molar-refractivity contribution is 5.91. The van der Waals surface area contributed by atoms with Crippen LogP contribution >= 0.6 is 0 Å². The van der Waals surface area contributed by atoms with E-state index in [-0.39, 0.29) is 28.6 Å². The molecular formula is C24H28N4O2. The lowest BCUT2D eigenvalue weighted by Gasteiger charge is -2.39. The molecule has 0 spiro atoms. The van der Waals surface area contributed by atoms with Gasteiger partial charge in [0, 0.05) is 12.6 Å². The number of hydrogen-bond donors (Lipinski definition) is 0. The third-order valence-corrected chi connectivity index (χ3v) is 6.46. The number of benzene rings is 1. The maximum atomic E-state index is 13.5. The van der Waals surface area contributed by atoms with Crippen molar-refractivity contribution in [2.75, 3.05) is 6.54 Å². The molecule has 1 amide bonds.